The molecule has 5 nitrogen and oxygen atoms in total. The van der Waals surface area contributed by atoms with Gasteiger partial charge in [-0.1, -0.05) is 30.3 Å². The Labute approximate surface area is 141 Å². The summed E-state index contributed by atoms with van der Waals surface area (Å²) in [6, 6.07) is 10.8. The first-order valence-corrected chi connectivity index (χ1v) is 7.94. The number of aromatic nitrogens is 2. The van der Waals surface area contributed by atoms with Crippen LogP contribution in [0.2, 0.25) is 0 Å². The molecular weight excluding hydrogens is 312 g/mol. The fraction of sp³-hybridized carbons (Fsp3) is 0.412. The monoisotopic (exact) mass is 332 g/mol. The number of nitrogens with zero attached hydrogens (tertiary/aromatic N) is 1. The van der Waals surface area contributed by atoms with Crippen molar-refractivity contribution in [3.8, 4) is 0 Å². The predicted octanol–water partition coefficient (Wildman–Crippen LogP) is 2.15. The number of aromatic amines is 1. The highest BCUT2D eigenvalue weighted by Gasteiger charge is 2.32. The van der Waals surface area contributed by atoms with E-state index in [1.165, 1.54) is 5.56 Å². The molecule has 6 heteroatoms. The topological polar surface area (TPSA) is 69.8 Å². The van der Waals surface area contributed by atoms with Crippen molar-refractivity contribution in [2.45, 2.75) is 37.8 Å². The number of halogens is 1. The van der Waals surface area contributed by atoms with Gasteiger partial charge in [0.2, 0.25) is 0 Å². The summed E-state index contributed by atoms with van der Waals surface area (Å²) in [5.74, 6) is 0.527. The van der Waals surface area contributed by atoms with E-state index in [1.54, 1.807) is 0 Å². The first kappa shape index (κ1) is 16.0. The number of hydrogen-bond acceptors (Lipinski definition) is 3. The van der Waals surface area contributed by atoms with Crippen LogP contribution in [0.15, 0.2) is 30.3 Å². The third-order valence-electron chi connectivity index (χ3n) is 4.77. The molecule has 1 amide bonds. The lowest BCUT2D eigenvalue weighted by Crippen LogP contribution is -2.43. The van der Waals surface area contributed by atoms with E-state index < -0.39 is 0 Å². The van der Waals surface area contributed by atoms with E-state index in [-0.39, 0.29) is 24.4 Å². The number of amides is 1. The standard InChI is InChI=1S/C17H20N4O.ClH/c22-17(16-14-10-18-7-6-15(14)20-21-16)19-13-8-12(9-13)11-4-2-1-3-5-11;/h1-5,12-13,18H,6-10H2,(H,19,22)(H,20,21);1H. The van der Waals surface area contributed by atoms with E-state index >= 15 is 0 Å². The van der Waals surface area contributed by atoms with Gasteiger partial charge in [-0.2, -0.15) is 5.10 Å². The van der Waals surface area contributed by atoms with Crippen LogP contribution in [0.3, 0.4) is 0 Å². The molecule has 2 aromatic rings. The van der Waals surface area contributed by atoms with Crippen molar-refractivity contribution >= 4 is 18.3 Å². The average Bonchev–Trinajstić information content (AvgIpc) is 2.95. The third-order valence-corrected chi connectivity index (χ3v) is 4.77. The van der Waals surface area contributed by atoms with E-state index in [9.17, 15) is 4.79 Å². The zero-order chi connectivity index (χ0) is 14.9. The zero-order valence-electron chi connectivity index (χ0n) is 12.8. The maximum absolute atomic E-state index is 12.4. The van der Waals surface area contributed by atoms with Crippen molar-refractivity contribution in [1.82, 2.24) is 20.8 Å². The number of benzene rings is 1. The summed E-state index contributed by atoms with van der Waals surface area (Å²) in [6.07, 6.45) is 2.94. The minimum atomic E-state index is -0.0438. The van der Waals surface area contributed by atoms with E-state index in [1.807, 2.05) is 6.07 Å². The lowest BCUT2D eigenvalue weighted by atomic mass is 9.76. The second kappa shape index (κ2) is 6.72. The maximum Gasteiger partial charge on any atom is 0.272 e. The van der Waals surface area contributed by atoms with Gasteiger partial charge in [0.15, 0.2) is 5.69 Å². The highest BCUT2D eigenvalue weighted by Crippen LogP contribution is 2.36. The lowest BCUT2D eigenvalue weighted by molar-refractivity contribution is 0.0902. The normalized spacial score (nSPS) is 22.4. The van der Waals surface area contributed by atoms with E-state index in [0.29, 0.717) is 11.6 Å². The number of carbonyl (C=O) groups excluding carboxylic acids is 1. The molecule has 3 N–H and O–H groups in total. The molecule has 2 heterocycles. The summed E-state index contributed by atoms with van der Waals surface area (Å²) in [5.41, 5.74) is 4.06. The Balaban J connectivity index is 0.00000156. The minimum Gasteiger partial charge on any atom is -0.348 e. The Bertz CT molecular complexity index is 679. The summed E-state index contributed by atoms with van der Waals surface area (Å²) < 4.78 is 0. The van der Waals surface area contributed by atoms with Crippen molar-refractivity contribution in [3.63, 3.8) is 0 Å². The summed E-state index contributed by atoms with van der Waals surface area (Å²) in [7, 11) is 0. The van der Waals surface area contributed by atoms with Gasteiger partial charge in [0, 0.05) is 36.8 Å². The zero-order valence-corrected chi connectivity index (χ0v) is 13.7. The number of rotatable bonds is 3. The van der Waals surface area contributed by atoms with Gasteiger partial charge in [-0.15, -0.1) is 12.4 Å². The quantitative estimate of drug-likeness (QED) is 0.806. The lowest BCUT2D eigenvalue weighted by Gasteiger charge is -2.36. The molecule has 0 bridgehead atoms. The number of hydrogen-bond donors (Lipinski definition) is 3. The van der Waals surface area contributed by atoms with Crippen molar-refractivity contribution < 1.29 is 4.79 Å². The highest BCUT2D eigenvalue weighted by atomic mass is 35.5. The van der Waals surface area contributed by atoms with E-state index in [2.05, 4.69) is 45.1 Å². The van der Waals surface area contributed by atoms with Crippen LogP contribution in [0.25, 0.3) is 0 Å². The number of H-pyrrole nitrogens is 1. The molecule has 2 aliphatic rings. The molecule has 1 aliphatic heterocycles. The number of fused-ring (bicyclic) bond motifs is 1. The van der Waals surface area contributed by atoms with Crippen molar-refractivity contribution in [3.05, 3.63) is 52.8 Å². The molecule has 0 unspecified atom stereocenters. The van der Waals surface area contributed by atoms with Crippen molar-refractivity contribution in [1.29, 1.82) is 0 Å². The summed E-state index contributed by atoms with van der Waals surface area (Å²) in [4.78, 5) is 12.4. The summed E-state index contributed by atoms with van der Waals surface area (Å²) in [6.45, 7) is 1.67. The molecule has 4 rings (SSSR count). The Hall–Kier alpha value is -1.85. The number of carbonyl (C=O) groups is 1. The molecule has 0 atom stereocenters. The molecule has 1 fully saturated rings. The molecule has 0 radical (unpaired) electrons. The van der Waals surface area contributed by atoms with Gasteiger partial charge in [-0.05, 0) is 24.3 Å². The van der Waals surface area contributed by atoms with Gasteiger partial charge in [-0.25, -0.2) is 0 Å². The maximum atomic E-state index is 12.4. The van der Waals surface area contributed by atoms with Gasteiger partial charge >= 0.3 is 0 Å². The predicted molar refractivity (Wildman–Crippen MR) is 90.9 cm³/mol. The fourth-order valence-corrected chi connectivity index (χ4v) is 3.40. The van der Waals surface area contributed by atoms with Crippen molar-refractivity contribution in [2.24, 2.45) is 0 Å². The van der Waals surface area contributed by atoms with Crippen LogP contribution >= 0.6 is 12.4 Å². The molecule has 122 valence electrons. The van der Waals surface area contributed by atoms with Crippen LogP contribution < -0.4 is 10.6 Å². The molecule has 0 spiro atoms. The van der Waals surface area contributed by atoms with Crippen LogP contribution in [0.1, 0.15) is 46.1 Å². The van der Waals surface area contributed by atoms with Gasteiger partial charge in [0.25, 0.3) is 5.91 Å². The molecule has 23 heavy (non-hydrogen) atoms. The Morgan fingerprint density at radius 1 is 1.22 bits per heavy atom. The average molecular weight is 333 g/mol. The van der Waals surface area contributed by atoms with Crippen LogP contribution in [0.5, 0.6) is 0 Å². The largest absolute Gasteiger partial charge is 0.348 e. The Kier molecular flexibility index (Phi) is 4.68. The Morgan fingerprint density at radius 2 is 2.00 bits per heavy atom. The van der Waals surface area contributed by atoms with Gasteiger partial charge in [-0.3, -0.25) is 9.89 Å². The first-order chi connectivity index (χ1) is 10.8. The van der Waals surface area contributed by atoms with Crippen LogP contribution in [-0.4, -0.2) is 28.7 Å². The highest BCUT2D eigenvalue weighted by molar-refractivity contribution is 5.94. The van der Waals surface area contributed by atoms with Crippen LogP contribution in [0.4, 0.5) is 0 Å². The number of nitrogens with one attached hydrogen (secondary N) is 3. The van der Waals surface area contributed by atoms with Gasteiger partial charge in [0.05, 0.1) is 0 Å². The second-order valence-electron chi connectivity index (χ2n) is 6.21. The minimum absolute atomic E-state index is 0. The summed E-state index contributed by atoms with van der Waals surface area (Å²) >= 11 is 0. The smallest absolute Gasteiger partial charge is 0.272 e. The Morgan fingerprint density at radius 3 is 2.78 bits per heavy atom. The third kappa shape index (κ3) is 3.12. The van der Waals surface area contributed by atoms with Gasteiger partial charge in [0.1, 0.15) is 0 Å². The summed E-state index contributed by atoms with van der Waals surface area (Å²) in [5, 5.41) is 13.6. The van der Waals surface area contributed by atoms with Gasteiger partial charge < -0.3 is 10.6 Å². The molecule has 1 aromatic heterocycles. The van der Waals surface area contributed by atoms with E-state index in [0.717, 1.165) is 43.6 Å². The van der Waals surface area contributed by atoms with Crippen LogP contribution in [0, 0.1) is 0 Å². The molecular formula is C17H21ClN4O. The van der Waals surface area contributed by atoms with Crippen molar-refractivity contribution in [2.75, 3.05) is 6.54 Å². The molecule has 0 saturated heterocycles. The van der Waals surface area contributed by atoms with Crippen LogP contribution in [-0.2, 0) is 13.0 Å². The molecule has 1 aliphatic carbocycles. The SMILES string of the molecule is Cl.O=C(NC1CC(c2ccccc2)C1)c1n[nH]c2c1CNCC2. The molecule has 1 saturated carbocycles. The second-order valence-corrected chi connectivity index (χ2v) is 6.21. The molecule has 1 aromatic carbocycles. The fourth-order valence-electron chi connectivity index (χ4n) is 3.40. The first-order valence-electron chi connectivity index (χ1n) is 7.94. The van der Waals surface area contributed by atoms with E-state index in [4.69, 9.17) is 0 Å².